The number of rotatable bonds is 6. The molecule has 3 rings (SSSR count). The van der Waals surface area contributed by atoms with Crippen molar-refractivity contribution in [3.63, 3.8) is 0 Å². The van der Waals surface area contributed by atoms with Crippen molar-refractivity contribution in [3.05, 3.63) is 65.2 Å². The fourth-order valence-electron chi connectivity index (χ4n) is 2.28. The lowest BCUT2D eigenvalue weighted by atomic mass is 10.1. The van der Waals surface area contributed by atoms with Gasteiger partial charge in [-0.15, -0.1) is 11.3 Å². The van der Waals surface area contributed by atoms with Gasteiger partial charge in [-0.2, -0.15) is 5.26 Å². The molecule has 0 aliphatic heterocycles. The zero-order valence-electron chi connectivity index (χ0n) is 14.2. The summed E-state index contributed by atoms with van der Waals surface area (Å²) in [5.74, 6) is -1.06. The number of carbonyl (C=O) groups excluding carboxylic acids is 2. The van der Waals surface area contributed by atoms with Crippen molar-refractivity contribution in [2.45, 2.75) is 6.42 Å². The second-order valence-electron chi connectivity index (χ2n) is 5.54. The summed E-state index contributed by atoms with van der Waals surface area (Å²) in [6.45, 7) is -0.386. The zero-order valence-corrected chi connectivity index (χ0v) is 15.0. The molecule has 0 unspecified atom stereocenters. The molecule has 0 atom stereocenters. The van der Waals surface area contributed by atoms with Crippen molar-refractivity contribution in [1.82, 2.24) is 4.98 Å². The summed E-state index contributed by atoms with van der Waals surface area (Å²) >= 11 is 1.46. The maximum Gasteiger partial charge on any atom is 0.331 e. The highest BCUT2D eigenvalue weighted by Gasteiger charge is 2.06. The molecule has 0 fully saturated rings. The molecule has 3 aromatic rings. The fraction of sp³-hybridized carbons (Fsp3) is 0.100. The minimum absolute atomic E-state index is 0.312. The minimum atomic E-state index is -0.617. The van der Waals surface area contributed by atoms with Gasteiger partial charge in [0.25, 0.3) is 5.91 Å². The van der Waals surface area contributed by atoms with Gasteiger partial charge in [-0.1, -0.05) is 24.3 Å². The van der Waals surface area contributed by atoms with Crippen LogP contribution in [0, 0.1) is 11.3 Å². The number of thiazole rings is 1. The van der Waals surface area contributed by atoms with E-state index >= 15 is 0 Å². The number of aromatic nitrogens is 1. The van der Waals surface area contributed by atoms with Gasteiger partial charge in [-0.25, -0.2) is 9.78 Å². The average Bonchev–Trinajstić information content (AvgIpc) is 3.09. The van der Waals surface area contributed by atoms with Crippen molar-refractivity contribution < 1.29 is 14.3 Å². The Balaban J connectivity index is 1.48. The molecule has 6 nitrogen and oxygen atoms in total. The molecule has 1 amide bonds. The van der Waals surface area contributed by atoms with Crippen LogP contribution in [0.5, 0.6) is 0 Å². The van der Waals surface area contributed by atoms with Gasteiger partial charge in [0.15, 0.2) is 6.61 Å². The van der Waals surface area contributed by atoms with Gasteiger partial charge in [0.2, 0.25) is 0 Å². The summed E-state index contributed by atoms with van der Waals surface area (Å²) in [4.78, 5) is 28.0. The Morgan fingerprint density at radius 1 is 1.19 bits per heavy atom. The number of nitrogens with one attached hydrogen (secondary N) is 1. The SMILES string of the molecule is N#CCc1ccc(NC(=O)COC(=O)/C=C/c2nc3ccccc3s2)cc1. The third-order valence-corrected chi connectivity index (χ3v) is 4.54. The molecule has 0 spiro atoms. The molecule has 1 aromatic heterocycles. The highest BCUT2D eigenvalue weighted by Crippen LogP contribution is 2.22. The Labute approximate surface area is 159 Å². The fourth-order valence-corrected chi connectivity index (χ4v) is 3.15. The smallest absolute Gasteiger partial charge is 0.331 e. The second kappa shape index (κ2) is 8.74. The first kappa shape index (κ1) is 18.3. The van der Waals surface area contributed by atoms with E-state index < -0.39 is 11.9 Å². The van der Waals surface area contributed by atoms with Crippen LogP contribution < -0.4 is 5.32 Å². The molecule has 0 saturated heterocycles. The molecule has 0 aliphatic rings. The number of benzene rings is 2. The largest absolute Gasteiger partial charge is 0.452 e. The second-order valence-corrected chi connectivity index (χ2v) is 6.60. The van der Waals surface area contributed by atoms with Gasteiger partial charge >= 0.3 is 5.97 Å². The number of carbonyl (C=O) groups is 2. The molecule has 0 bridgehead atoms. The van der Waals surface area contributed by atoms with Crippen molar-refractivity contribution in [2.75, 3.05) is 11.9 Å². The van der Waals surface area contributed by atoms with E-state index in [1.165, 1.54) is 17.4 Å². The maximum atomic E-state index is 11.8. The molecule has 0 saturated carbocycles. The summed E-state index contributed by atoms with van der Waals surface area (Å²) in [5.41, 5.74) is 2.31. The summed E-state index contributed by atoms with van der Waals surface area (Å²) in [7, 11) is 0. The molecule has 27 heavy (non-hydrogen) atoms. The predicted molar refractivity (Wildman–Crippen MR) is 104 cm³/mol. The monoisotopic (exact) mass is 377 g/mol. The number of hydrogen-bond acceptors (Lipinski definition) is 6. The minimum Gasteiger partial charge on any atom is -0.452 e. The number of ether oxygens (including phenoxy) is 1. The van der Waals surface area contributed by atoms with Crippen LogP contribution >= 0.6 is 11.3 Å². The molecular weight excluding hydrogens is 362 g/mol. The molecule has 0 radical (unpaired) electrons. The maximum absolute atomic E-state index is 11.8. The lowest BCUT2D eigenvalue weighted by Crippen LogP contribution is -2.20. The quantitative estimate of drug-likeness (QED) is 0.524. The first-order chi connectivity index (χ1) is 13.1. The van der Waals surface area contributed by atoms with E-state index in [1.807, 2.05) is 24.3 Å². The Morgan fingerprint density at radius 3 is 2.70 bits per heavy atom. The van der Waals surface area contributed by atoms with E-state index in [2.05, 4.69) is 16.4 Å². The number of hydrogen-bond donors (Lipinski definition) is 1. The molecule has 1 heterocycles. The van der Waals surface area contributed by atoms with E-state index in [0.717, 1.165) is 15.8 Å². The van der Waals surface area contributed by atoms with Crippen molar-refractivity contribution >= 4 is 45.2 Å². The van der Waals surface area contributed by atoms with Crippen LogP contribution in [0.15, 0.2) is 54.6 Å². The zero-order chi connectivity index (χ0) is 19.1. The predicted octanol–water partition coefficient (Wildman–Crippen LogP) is 3.56. The highest BCUT2D eigenvalue weighted by molar-refractivity contribution is 7.19. The van der Waals surface area contributed by atoms with E-state index in [1.54, 1.807) is 30.3 Å². The number of esters is 1. The van der Waals surface area contributed by atoms with Crippen LogP contribution in [0.1, 0.15) is 10.6 Å². The number of anilines is 1. The molecule has 7 heteroatoms. The normalized spacial score (nSPS) is 10.6. The molecular formula is C20H15N3O3S. The molecule has 1 N–H and O–H groups in total. The Kier molecular flexibility index (Phi) is 5.92. The average molecular weight is 377 g/mol. The van der Waals surface area contributed by atoms with Crippen molar-refractivity contribution in [1.29, 1.82) is 5.26 Å². The summed E-state index contributed by atoms with van der Waals surface area (Å²) in [5, 5.41) is 11.9. The number of nitriles is 1. The number of para-hydroxylation sites is 1. The topological polar surface area (TPSA) is 92.1 Å². The first-order valence-corrected chi connectivity index (χ1v) is 8.92. The van der Waals surface area contributed by atoms with Crippen LogP contribution in [-0.2, 0) is 20.7 Å². The third-order valence-electron chi connectivity index (χ3n) is 3.54. The van der Waals surface area contributed by atoms with Gasteiger partial charge in [0.1, 0.15) is 5.01 Å². The molecule has 2 aromatic carbocycles. The number of nitrogens with zero attached hydrogens (tertiary/aromatic N) is 2. The lowest BCUT2D eigenvalue weighted by Gasteiger charge is -2.05. The van der Waals surface area contributed by atoms with Crippen LogP contribution in [0.25, 0.3) is 16.3 Å². The summed E-state index contributed by atoms with van der Waals surface area (Å²) in [6.07, 6.45) is 3.13. The van der Waals surface area contributed by atoms with E-state index in [9.17, 15) is 9.59 Å². The van der Waals surface area contributed by atoms with Gasteiger partial charge in [0, 0.05) is 11.8 Å². The first-order valence-electron chi connectivity index (χ1n) is 8.10. The van der Waals surface area contributed by atoms with E-state index in [4.69, 9.17) is 10.00 Å². The van der Waals surface area contributed by atoms with Crippen LogP contribution in [0.3, 0.4) is 0 Å². The van der Waals surface area contributed by atoms with E-state index in [0.29, 0.717) is 17.1 Å². The number of fused-ring (bicyclic) bond motifs is 1. The van der Waals surface area contributed by atoms with E-state index in [-0.39, 0.29) is 6.61 Å². The Morgan fingerprint density at radius 2 is 1.96 bits per heavy atom. The third kappa shape index (κ3) is 5.23. The molecule has 134 valence electrons. The molecule has 0 aliphatic carbocycles. The van der Waals surface area contributed by atoms with Gasteiger partial charge in [0.05, 0.1) is 22.7 Å². The summed E-state index contributed by atoms with van der Waals surface area (Å²) < 4.78 is 5.96. The number of amides is 1. The van der Waals surface area contributed by atoms with Crippen LogP contribution in [0.2, 0.25) is 0 Å². The van der Waals surface area contributed by atoms with Crippen molar-refractivity contribution in [3.8, 4) is 6.07 Å². The highest BCUT2D eigenvalue weighted by atomic mass is 32.1. The standard InChI is InChI=1S/C20H15N3O3S/c21-12-11-14-5-7-15(8-6-14)22-18(24)13-26-20(25)10-9-19-23-16-3-1-2-4-17(16)27-19/h1-10H,11,13H2,(H,22,24)/b10-9+. The van der Waals surface area contributed by atoms with Gasteiger partial charge < -0.3 is 10.1 Å². The Bertz CT molecular complexity index is 1000. The van der Waals surface area contributed by atoms with Crippen LogP contribution in [0.4, 0.5) is 5.69 Å². The van der Waals surface area contributed by atoms with Crippen LogP contribution in [-0.4, -0.2) is 23.5 Å². The lowest BCUT2D eigenvalue weighted by molar-refractivity contribution is -0.142. The summed E-state index contributed by atoms with van der Waals surface area (Å²) in [6, 6.07) is 16.6. The van der Waals surface area contributed by atoms with Gasteiger partial charge in [-0.3, -0.25) is 4.79 Å². The van der Waals surface area contributed by atoms with Gasteiger partial charge in [-0.05, 0) is 35.9 Å². The Hall–Kier alpha value is -3.50. The van der Waals surface area contributed by atoms with Crippen molar-refractivity contribution in [2.24, 2.45) is 0 Å².